The highest BCUT2D eigenvalue weighted by molar-refractivity contribution is 5.94. The molecule has 0 atom stereocenters. The van der Waals surface area contributed by atoms with Gasteiger partial charge in [0.15, 0.2) is 0 Å². The van der Waals surface area contributed by atoms with E-state index in [1.54, 1.807) is 6.26 Å². The molecule has 0 aliphatic rings. The van der Waals surface area contributed by atoms with Crippen LogP contribution in [0.4, 0.5) is 0 Å². The number of benzene rings is 1. The molecule has 94 valence electrons. The maximum absolute atomic E-state index is 11.4. The van der Waals surface area contributed by atoms with Crippen molar-refractivity contribution >= 4 is 22.8 Å². The van der Waals surface area contributed by atoms with E-state index in [0.717, 1.165) is 16.5 Å². The molecule has 0 aliphatic heterocycles. The van der Waals surface area contributed by atoms with Gasteiger partial charge in [-0.05, 0) is 6.07 Å². The van der Waals surface area contributed by atoms with Crippen molar-refractivity contribution in [2.75, 3.05) is 7.11 Å². The highest BCUT2D eigenvalue weighted by Gasteiger charge is 2.10. The fourth-order valence-electron chi connectivity index (χ4n) is 1.63. The van der Waals surface area contributed by atoms with Crippen LogP contribution in [0.1, 0.15) is 12.0 Å². The van der Waals surface area contributed by atoms with Gasteiger partial charge in [0.25, 0.3) is 0 Å². The number of hydrogen-bond donors (Lipinski definition) is 1. The fraction of sp³-hybridized carbons (Fsp3) is 0.231. The molecule has 0 fully saturated rings. The fourth-order valence-corrected chi connectivity index (χ4v) is 1.63. The van der Waals surface area contributed by atoms with Gasteiger partial charge in [-0.2, -0.15) is 0 Å². The minimum Gasteiger partial charge on any atom is -0.469 e. The van der Waals surface area contributed by atoms with Crippen LogP contribution in [-0.2, 0) is 20.9 Å². The second-order valence-electron chi connectivity index (χ2n) is 3.79. The van der Waals surface area contributed by atoms with E-state index in [0.29, 0.717) is 6.54 Å². The van der Waals surface area contributed by atoms with Gasteiger partial charge in [0.2, 0.25) is 5.91 Å². The number of hydrogen-bond acceptors (Lipinski definition) is 4. The van der Waals surface area contributed by atoms with Gasteiger partial charge in [-0.3, -0.25) is 9.59 Å². The molecule has 0 saturated carbocycles. The molecule has 0 radical (unpaired) electrons. The maximum Gasteiger partial charge on any atom is 0.315 e. The number of amides is 1. The van der Waals surface area contributed by atoms with Gasteiger partial charge in [-0.25, -0.2) is 0 Å². The van der Waals surface area contributed by atoms with Crippen molar-refractivity contribution < 1.29 is 18.7 Å². The Morgan fingerprint density at radius 3 is 2.89 bits per heavy atom. The number of carbonyl (C=O) groups is 2. The van der Waals surface area contributed by atoms with Crippen LogP contribution in [0.3, 0.4) is 0 Å². The summed E-state index contributed by atoms with van der Waals surface area (Å²) < 4.78 is 9.75. The van der Waals surface area contributed by atoms with Crippen LogP contribution < -0.4 is 5.32 Å². The van der Waals surface area contributed by atoms with Crippen LogP contribution in [0.25, 0.3) is 11.0 Å². The van der Waals surface area contributed by atoms with E-state index in [2.05, 4.69) is 10.1 Å². The molecule has 0 aliphatic carbocycles. The van der Waals surface area contributed by atoms with E-state index in [4.69, 9.17) is 4.42 Å². The van der Waals surface area contributed by atoms with Gasteiger partial charge in [0, 0.05) is 17.5 Å². The number of rotatable bonds is 4. The number of furan rings is 1. The summed E-state index contributed by atoms with van der Waals surface area (Å²) in [7, 11) is 1.25. The first-order valence-corrected chi connectivity index (χ1v) is 5.49. The summed E-state index contributed by atoms with van der Waals surface area (Å²) >= 11 is 0. The average Bonchev–Trinajstić information content (AvgIpc) is 2.79. The largest absolute Gasteiger partial charge is 0.469 e. The number of methoxy groups -OCH3 is 1. The van der Waals surface area contributed by atoms with Crippen molar-refractivity contribution in [2.24, 2.45) is 0 Å². The molecule has 0 saturated heterocycles. The first kappa shape index (κ1) is 12.2. The smallest absolute Gasteiger partial charge is 0.315 e. The predicted molar refractivity (Wildman–Crippen MR) is 64.7 cm³/mol. The third kappa shape index (κ3) is 2.68. The van der Waals surface area contributed by atoms with E-state index in [1.165, 1.54) is 7.11 Å². The molecule has 1 amide bonds. The molecule has 0 unspecified atom stereocenters. The lowest BCUT2D eigenvalue weighted by Gasteiger charge is -2.02. The van der Waals surface area contributed by atoms with Crippen LogP contribution in [0.15, 0.2) is 34.9 Å². The van der Waals surface area contributed by atoms with Crippen molar-refractivity contribution in [3.63, 3.8) is 0 Å². The molecular weight excluding hydrogens is 234 g/mol. The minimum atomic E-state index is -0.551. The number of esters is 1. The summed E-state index contributed by atoms with van der Waals surface area (Å²) in [5.41, 5.74) is 1.65. The topological polar surface area (TPSA) is 68.5 Å². The molecule has 1 heterocycles. The van der Waals surface area contributed by atoms with Crippen molar-refractivity contribution in [1.82, 2.24) is 5.32 Å². The van der Waals surface area contributed by atoms with E-state index in [9.17, 15) is 9.59 Å². The van der Waals surface area contributed by atoms with E-state index >= 15 is 0 Å². The van der Waals surface area contributed by atoms with Gasteiger partial charge in [-0.15, -0.1) is 0 Å². The van der Waals surface area contributed by atoms with Crippen LogP contribution >= 0.6 is 0 Å². The Morgan fingerprint density at radius 2 is 2.11 bits per heavy atom. The third-order valence-corrected chi connectivity index (χ3v) is 2.57. The van der Waals surface area contributed by atoms with Crippen LogP contribution in [0, 0.1) is 0 Å². The summed E-state index contributed by atoms with van der Waals surface area (Å²) in [4.78, 5) is 22.3. The molecule has 5 heteroatoms. The molecule has 1 aromatic heterocycles. The van der Waals surface area contributed by atoms with Gasteiger partial charge >= 0.3 is 5.97 Å². The zero-order valence-electron chi connectivity index (χ0n) is 9.93. The average molecular weight is 247 g/mol. The summed E-state index contributed by atoms with van der Waals surface area (Å²) in [6, 6.07) is 7.55. The van der Waals surface area contributed by atoms with Crippen LogP contribution in [-0.4, -0.2) is 19.0 Å². The van der Waals surface area contributed by atoms with Crippen molar-refractivity contribution in [1.29, 1.82) is 0 Å². The number of nitrogens with one attached hydrogen (secondary N) is 1. The summed E-state index contributed by atoms with van der Waals surface area (Å²) in [5.74, 6) is -0.920. The summed E-state index contributed by atoms with van der Waals surface area (Å²) in [5, 5.41) is 3.60. The molecule has 18 heavy (non-hydrogen) atoms. The second kappa shape index (κ2) is 5.35. The van der Waals surface area contributed by atoms with Gasteiger partial charge in [0.1, 0.15) is 12.0 Å². The second-order valence-corrected chi connectivity index (χ2v) is 3.79. The normalized spacial score (nSPS) is 10.3. The number of carbonyl (C=O) groups excluding carboxylic acids is 2. The molecule has 1 aromatic carbocycles. The third-order valence-electron chi connectivity index (χ3n) is 2.57. The Hall–Kier alpha value is -2.30. The maximum atomic E-state index is 11.4. The minimum absolute atomic E-state index is 0.272. The number of fused-ring (bicyclic) bond motifs is 1. The zero-order valence-corrected chi connectivity index (χ0v) is 9.93. The quantitative estimate of drug-likeness (QED) is 0.658. The lowest BCUT2D eigenvalue weighted by atomic mass is 10.2. The molecule has 2 aromatic rings. The summed E-state index contributed by atoms with van der Waals surface area (Å²) in [6.45, 7) is 0.326. The number of ether oxygens (including phenoxy) is 1. The Balaban J connectivity index is 1.98. The predicted octanol–water partition coefficient (Wildman–Crippen LogP) is 1.61. The molecule has 0 spiro atoms. The Bertz CT molecular complexity index is 573. The van der Waals surface area contributed by atoms with Crippen molar-refractivity contribution in [3.8, 4) is 0 Å². The van der Waals surface area contributed by atoms with Crippen molar-refractivity contribution in [2.45, 2.75) is 13.0 Å². The van der Waals surface area contributed by atoms with Gasteiger partial charge in [0.05, 0.1) is 13.4 Å². The molecule has 5 nitrogen and oxygen atoms in total. The summed E-state index contributed by atoms with van der Waals surface area (Å²) in [6.07, 6.45) is 1.33. The lowest BCUT2D eigenvalue weighted by Crippen LogP contribution is -2.25. The highest BCUT2D eigenvalue weighted by Crippen LogP contribution is 2.20. The highest BCUT2D eigenvalue weighted by atomic mass is 16.5. The molecular formula is C13H13NO4. The Morgan fingerprint density at radius 1 is 1.33 bits per heavy atom. The lowest BCUT2D eigenvalue weighted by molar-refractivity contribution is -0.143. The first-order chi connectivity index (χ1) is 8.70. The Kier molecular flexibility index (Phi) is 3.62. The molecule has 2 rings (SSSR count). The molecule has 0 bridgehead atoms. The van der Waals surface area contributed by atoms with E-state index in [1.807, 2.05) is 24.3 Å². The standard InChI is InChI=1S/C13H13NO4/c1-17-13(16)6-12(15)14-7-9-8-18-11-5-3-2-4-10(9)11/h2-5,8H,6-7H2,1H3,(H,14,15). The number of para-hydroxylation sites is 1. The van der Waals surface area contributed by atoms with E-state index < -0.39 is 5.97 Å². The van der Waals surface area contributed by atoms with E-state index in [-0.39, 0.29) is 12.3 Å². The molecule has 1 N–H and O–H groups in total. The zero-order chi connectivity index (χ0) is 13.0. The Labute approximate surface area is 104 Å². The van der Waals surface area contributed by atoms with Crippen molar-refractivity contribution in [3.05, 3.63) is 36.1 Å². The first-order valence-electron chi connectivity index (χ1n) is 5.49. The SMILES string of the molecule is COC(=O)CC(=O)NCc1coc2ccccc12. The van der Waals surface area contributed by atoms with Crippen LogP contribution in [0.2, 0.25) is 0 Å². The van der Waals surface area contributed by atoms with Gasteiger partial charge < -0.3 is 14.5 Å². The van der Waals surface area contributed by atoms with Gasteiger partial charge in [-0.1, -0.05) is 18.2 Å². The van der Waals surface area contributed by atoms with Crippen LogP contribution in [0.5, 0.6) is 0 Å². The monoisotopic (exact) mass is 247 g/mol.